The molecule has 0 atom stereocenters. The lowest BCUT2D eigenvalue weighted by Gasteiger charge is -2.49. The van der Waals surface area contributed by atoms with Gasteiger partial charge in [-0.15, -0.1) is 0 Å². The molecule has 0 heterocycles. The predicted molar refractivity (Wildman–Crippen MR) is 83.9 cm³/mol. The number of rotatable bonds is 8. The van der Waals surface area contributed by atoms with Crippen LogP contribution in [0.25, 0.3) is 0 Å². The number of hydrogen-bond donors (Lipinski definition) is 2. The Morgan fingerprint density at radius 1 is 0.842 bits per heavy atom. The summed E-state index contributed by atoms with van der Waals surface area (Å²) in [6, 6.07) is 0. The van der Waals surface area contributed by atoms with Gasteiger partial charge in [0.2, 0.25) is 0 Å². The molecule has 0 radical (unpaired) electrons. The summed E-state index contributed by atoms with van der Waals surface area (Å²) in [5, 5.41) is 20.9. The van der Waals surface area contributed by atoms with Crippen molar-refractivity contribution in [1.29, 1.82) is 0 Å². The lowest BCUT2D eigenvalue weighted by atomic mass is 9.80. The van der Waals surface area contributed by atoms with Gasteiger partial charge in [-0.3, -0.25) is 0 Å². The third-order valence-electron chi connectivity index (χ3n) is 3.22. The molecule has 0 saturated carbocycles. The first-order valence-electron chi connectivity index (χ1n) is 7.08. The molecule has 116 valence electrons. The molecule has 2 N–H and O–H groups in total. The topological polar surface area (TPSA) is 58.9 Å². The van der Waals surface area contributed by atoms with Crippen LogP contribution >= 0.6 is 0 Å². The van der Waals surface area contributed by atoms with E-state index in [1.807, 2.05) is 53.1 Å². The molecular formula is C13H32O4Si2. The van der Waals surface area contributed by atoms with Crippen LogP contribution in [0.2, 0.25) is 39.3 Å². The van der Waals surface area contributed by atoms with Crippen LogP contribution in [0, 0.1) is 5.41 Å². The highest BCUT2D eigenvalue weighted by molar-refractivity contribution is 6.70. The molecule has 0 spiro atoms. The van der Waals surface area contributed by atoms with Crippen LogP contribution in [0.5, 0.6) is 0 Å². The minimum Gasteiger partial charge on any atom is -0.395 e. The van der Waals surface area contributed by atoms with Gasteiger partial charge in [-0.05, 0) is 52.1 Å². The first-order chi connectivity index (χ1) is 8.35. The quantitative estimate of drug-likeness (QED) is 0.534. The van der Waals surface area contributed by atoms with Gasteiger partial charge in [-0.25, -0.2) is 0 Å². The predicted octanol–water partition coefficient (Wildman–Crippen LogP) is 3.13. The average molecular weight is 309 g/mol. The molecule has 0 aromatic rings. The average Bonchev–Trinajstić information content (AvgIpc) is 2.14. The molecule has 0 aliphatic heterocycles. The van der Waals surface area contributed by atoms with Crippen molar-refractivity contribution >= 4 is 16.6 Å². The summed E-state index contributed by atoms with van der Waals surface area (Å²) in [6.45, 7) is 15.8. The molecule has 0 unspecified atom stereocenters. The van der Waals surface area contributed by atoms with Crippen molar-refractivity contribution in [2.45, 2.75) is 71.9 Å². The van der Waals surface area contributed by atoms with E-state index >= 15 is 0 Å². The molecule has 0 aromatic heterocycles. The summed E-state index contributed by atoms with van der Waals surface area (Å²) >= 11 is 0. The molecule has 0 aromatic carbocycles. The van der Waals surface area contributed by atoms with E-state index in [-0.39, 0.29) is 6.61 Å². The molecule has 6 heteroatoms. The molecule has 4 nitrogen and oxygen atoms in total. The summed E-state index contributed by atoms with van der Waals surface area (Å²) in [5.41, 5.74) is -0.770. The molecule has 0 bridgehead atoms. The first-order valence-corrected chi connectivity index (χ1v) is 13.9. The van der Waals surface area contributed by atoms with E-state index in [2.05, 4.69) is 0 Å². The van der Waals surface area contributed by atoms with Gasteiger partial charge in [0.25, 0.3) is 5.97 Å². The van der Waals surface area contributed by atoms with Crippen LogP contribution < -0.4 is 0 Å². The molecule has 0 aliphatic rings. The Morgan fingerprint density at radius 3 is 1.32 bits per heavy atom. The van der Waals surface area contributed by atoms with E-state index in [1.54, 1.807) is 0 Å². The molecule has 0 rings (SSSR count). The van der Waals surface area contributed by atoms with Crippen molar-refractivity contribution in [1.82, 2.24) is 0 Å². The Kier molecular flexibility index (Phi) is 6.45. The second-order valence-corrected chi connectivity index (χ2v) is 16.0. The van der Waals surface area contributed by atoms with Gasteiger partial charge in [0.1, 0.15) is 0 Å². The van der Waals surface area contributed by atoms with Gasteiger partial charge in [-0.1, -0.05) is 13.8 Å². The number of aliphatic hydroxyl groups is 2. The Morgan fingerprint density at radius 2 is 1.16 bits per heavy atom. The van der Waals surface area contributed by atoms with E-state index in [9.17, 15) is 10.2 Å². The molecule has 0 aliphatic carbocycles. The fourth-order valence-electron chi connectivity index (χ4n) is 2.09. The molecule has 0 fully saturated rings. The second kappa shape index (κ2) is 6.36. The van der Waals surface area contributed by atoms with Crippen LogP contribution in [0.1, 0.15) is 26.7 Å². The van der Waals surface area contributed by atoms with E-state index < -0.39 is 28.0 Å². The Bertz CT molecular complexity index is 253. The van der Waals surface area contributed by atoms with Gasteiger partial charge in [-0.2, -0.15) is 0 Å². The van der Waals surface area contributed by atoms with Gasteiger partial charge in [0.15, 0.2) is 16.6 Å². The van der Waals surface area contributed by atoms with Crippen molar-refractivity contribution in [3.63, 3.8) is 0 Å². The van der Waals surface area contributed by atoms with Gasteiger partial charge in [0.05, 0.1) is 12.0 Å². The highest BCUT2D eigenvalue weighted by Gasteiger charge is 2.54. The monoisotopic (exact) mass is 308 g/mol. The van der Waals surface area contributed by atoms with Crippen LogP contribution in [0.4, 0.5) is 0 Å². The highest BCUT2D eigenvalue weighted by atomic mass is 28.4. The lowest BCUT2D eigenvalue weighted by molar-refractivity contribution is -0.357. The van der Waals surface area contributed by atoms with Gasteiger partial charge in [0, 0.05) is 0 Å². The highest BCUT2D eigenvalue weighted by Crippen LogP contribution is 2.43. The fraction of sp³-hybridized carbons (Fsp3) is 1.00. The van der Waals surface area contributed by atoms with Crippen molar-refractivity contribution in [2.24, 2.45) is 5.41 Å². The van der Waals surface area contributed by atoms with Crippen molar-refractivity contribution in [3.8, 4) is 0 Å². The Labute approximate surface area is 120 Å². The van der Waals surface area contributed by atoms with Gasteiger partial charge >= 0.3 is 0 Å². The summed E-state index contributed by atoms with van der Waals surface area (Å²) in [7, 11) is -4.03. The second-order valence-electron chi connectivity index (χ2n) is 7.16. The molecule has 0 saturated heterocycles. The zero-order valence-electron chi connectivity index (χ0n) is 13.8. The maximum absolute atomic E-state index is 11.1. The summed E-state index contributed by atoms with van der Waals surface area (Å²) in [4.78, 5) is 0. The maximum atomic E-state index is 11.1. The van der Waals surface area contributed by atoms with E-state index in [0.717, 1.165) is 0 Å². The fourth-order valence-corrected chi connectivity index (χ4v) is 4.35. The summed E-state index contributed by atoms with van der Waals surface area (Å²) in [5.74, 6) is -1.69. The zero-order chi connectivity index (χ0) is 15.5. The Hall–Kier alpha value is 0.274. The lowest BCUT2D eigenvalue weighted by Crippen LogP contribution is -2.61. The van der Waals surface area contributed by atoms with E-state index in [1.165, 1.54) is 0 Å². The zero-order valence-corrected chi connectivity index (χ0v) is 15.8. The third-order valence-corrected chi connectivity index (χ3v) is 4.99. The van der Waals surface area contributed by atoms with Crippen LogP contribution in [-0.4, -0.2) is 39.4 Å². The standard InChI is InChI=1S/C13H32O4Si2/c1-9-12(10-2,11-14)13(15,16-18(3,4)5)17-19(6,7)8/h14-15H,9-11H2,1-8H3. The normalized spacial score (nSPS) is 14.8. The third kappa shape index (κ3) is 5.28. The van der Waals surface area contributed by atoms with E-state index in [0.29, 0.717) is 12.8 Å². The Balaban J connectivity index is 5.60. The van der Waals surface area contributed by atoms with Crippen LogP contribution in [0.15, 0.2) is 0 Å². The van der Waals surface area contributed by atoms with Crippen LogP contribution in [0.3, 0.4) is 0 Å². The number of hydrogen-bond acceptors (Lipinski definition) is 4. The van der Waals surface area contributed by atoms with Gasteiger partial charge < -0.3 is 19.1 Å². The largest absolute Gasteiger partial charge is 0.395 e. The van der Waals surface area contributed by atoms with E-state index in [4.69, 9.17) is 8.85 Å². The molecule has 19 heavy (non-hydrogen) atoms. The molecule has 0 amide bonds. The molecular weight excluding hydrogens is 276 g/mol. The smallest absolute Gasteiger partial charge is 0.269 e. The SMILES string of the molecule is CCC(CC)(CO)C(O)(O[Si](C)(C)C)O[Si](C)(C)C. The van der Waals surface area contributed by atoms with Crippen molar-refractivity contribution in [2.75, 3.05) is 6.61 Å². The first kappa shape index (κ1) is 19.3. The minimum atomic E-state index is -2.01. The number of aliphatic hydroxyl groups excluding tert-OH is 1. The van der Waals surface area contributed by atoms with Crippen LogP contribution in [-0.2, 0) is 8.85 Å². The summed E-state index contributed by atoms with van der Waals surface area (Å²) in [6.07, 6.45) is 1.21. The van der Waals surface area contributed by atoms with Crippen molar-refractivity contribution < 1.29 is 19.1 Å². The summed E-state index contributed by atoms with van der Waals surface area (Å²) < 4.78 is 12.0. The maximum Gasteiger partial charge on any atom is 0.269 e. The minimum absolute atomic E-state index is 0.147. The van der Waals surface area contributed by atoms with Crippen molar-refractivity contribution in [3.05, 3.63) is 0 Å².